The number of halogens is 3. The minimum absolute atomic E-state index is 0.639. The van der Waals surface area contributed by atoms with Crippen LogP contribution in [0.5, 0.6) is 0 Å². The Balaban J connectivity index is 4.35. The molecule has 0 saturated carbocycles. The molecule has 5 heteroatoms. The maximum Gasteiger partial charge on any atom is 0.415 e. The maximum absolute atomic E-state index is 13.3. The average molecular weight is 214 g/mol. The van der Waals surface area contributed by atoms with Gasteiger partial charge >= 0.3 is 6.05 Å². The number of alkyl halides is 3. The Kier molecular flexibility index (Phi) is 3.98. The molecule has 86 valence electrons. The van der Waals surface area contributed by atoms with Crippen LogP contribution in [0.2, 0.25) is 0 Å². The molecule has 0 aliphatic carbocycles. The summed E-state index contributed by atoms with van der Waals surface area (Å²) in [4.78, 5) is 0. The first kappa shape index (κ1) is 13.7. The van der Waals surface area contributed by atoms with E-state index in [0.717, 1.165) is 14.1 Å². The zero-order valence-corrected chi connectivity index (χ0v) is 9.40. The molecule has 0 N–H and O–H groups in total. The molecule has 0 unspecified atom stereocenters. The molecule has 0 radical (unpaired) electrons. The lowest BCUT2D eigenvalue weighted by Gasteiger charge is -2.35. The van der Waals surface area contributed by atoms with Crippen molar-refractivity contribution in [1.29, 1.82) is 0 Å². The van der Waals surface area contributed by atoms with Crippen molar-refractivity contribution in [3.63, 3.8) is 0 Å². The second-order valence-electron chi connectivity index (χ2n) is 4.87. The van der Waals surface area contributed by atoms with Crippen molar-refractivity contribution >= 4 is 0 Å². The Morgan fingerprint density at radius 3 is 1.86 bits per heavy atom. The third kappa shape index (κ3) is 3.84. The van der Waals surface area contributed by atoms with E-state index >= 15 is 0 Å². The molecule has 0 atom stereocenters. The van der Waals surface area contributed by atoms with Crippen LogP contribution in [-0.4, -0.2) is 43.6 Å². The van der Waals surface area contributed by atoms with Crippen LogP contribution >= 0.6 is 0 Å². The fourth-order valence-corrected chi connectivity index (χ4v) is 0.566. The summed E-state index contributed by atoms with van der Waals surface area (Å²) in [5.74, 6) is 0. The molecule has 0 bridgehead atoms. The highest BCUT2D eigenvalue weighted by molar-refractivity contribution is 4.61. The van der Waals surface area contributed by atoms with E-state index < -0.39 is 29.5 Å². The van der Waals surface area contributed by atoms with Gasteiger partial charge in [-0.25, -0.2) is 4.48 Å². The Morgan fingerprint density at radius 1 is 1.14 bits per heavy atom. The van der Waals surface area contributed by atoms with Crippen LogP contribution < -0.4 is 0 Å². The monoisotopic (exact) mass is 214 g/mol. The molecule has 0 fully saturated rings. The Labute approximate surface area is 83.2 Å². The first-order valence-electron chi connectivity index (χ1n) is 4.43. The highest BCUT2D eigenvalue weighted by atomic mass is 19.3. The van der Waals surface area contributed by atoms with Crippen molar-refractivity contribution in [3.05, 3.63) is 0 Å². The molecule has 2 nitrogen and oxygen atoms in total. The van der Waals surface area contributed by atoms with E-state index in [4.69, 9.17) is 4.74 Å². The first-order chi connectivity index (χ1) is 6.02. The van der Waals surface area contributed by atoms with E-state index in [1.165, 1.54) is 0 Å². The summed E-state index contributed by atoms with van der Waals surface area (Å²) in [7, 11) is 2.26. The van der Waals surface area contributed by atoms with Crippen molar-refractivity contribution in [1.82, 2.24) is 0 Å². The summed E-state index contributed by atoms with van der Waals surface area (Å²) >= 11 is 0. The van der Waals surface area contributed by atoms with E-state index in [1.54, 1.807) is 20.8 Å². The van der Waals surface area contributed by atoms with Gasteiger partial charge in [0.1, 0.15) is 0 Å². The third-order valence-corrected chi connectivity index (χ3v) is 1.86. The molecule has 0 aromatic carbocycles. The zero-order valence-electron chi connectivity index (χ0n) is 9.40. The second kappa shape index (κ2) is 4.06. The Hall–Kier alpha value is -0.290. The second-order valence-corrected chi connectivity index (χ2v) is 4.87. The van der Waals surface area contributed by atoms with Gasteiger partial charge in [0, 0.05) is 0 Å². The summed E-state index contributed by atoms with van der Waals surface area (Å²) < 4.78 is 42.9. The molecule has 0 spiro atoms. The molecule has 0 aliphatic rings. The largest absolute Gasteiger partial charge is 0.415 e. The zero-order chi connectivity index (χ0) is 11.6. The van der Waals surface area contributed by atoms with E-state index in [2.05, 4.69) is 0 Å². The van der Waals surface area contributed by atoms with Gasteiger partial charge < -0.3 is 4.74 Å². The van der Waals surface area contributed by atoms with E-state index in [1.807, 2.05) is 0 Å². The standard InChI is InChI=1S/C9H19F3NO/c1-8(2,3)14-6-9(11,12)13(4,5)7-10/h6-7H2,1-5H3/q+1. The smallest absolute Gasteiger partial charge is 0.363 e. The maximum atomic E-state index is 13.3. The van der Waals surface area contributed by atoms with E-state index in [9.17, 15) is 13.2 Å². The molecule has 0 aliphatic heterocycles. The SMILES string of the molecule is CC(C)(C)OCC(F)(F)[N+](C)(C)CF. The van der Waals surface area contributed by atoms with Gasteiger partial charge in [0.15, 0.2) is 6.61 Å². The van der Waals surface area contributed by atoms with Crippen molar-refractivity contribution in [2.45, 2.75) is 32.4 Å². The molecule has 0 aromatic rings. The van der Waals surface area contributed by atoms with Crippen LogP contribution in [0.1, 0.15) is 20.8 Å². The van der Waals surface area contributed by atoms with Gasteiger partial charge in [0.2, 0.25) is 6.80 Å². The lowest BCUT2D eigenvalue weighted by Crippen LogP contribution is -2.56. The van der Waals surface area contributed by atoms with Gasteiger partial charge in [-0.2, -0.15) is 4.39 Å². The summed E-state index contributed by atoms with van der Waals surface area (Å²) in [5, 5.41) is 0. The third-order valence-electron chi connectivity index (χ3n) is 1.86. The quantitative estimate of drug-likeness (QED) is 0.516. The predicted octanol–water partition coefficient (Wildman–Crippen LogP) is 2.40. The number of ether oxygens (including phenoxy) is 1. The molecular weight excluding hydrogens is 195 g/mol. The van der Waals surface area contributed by atoms with Crippen LogP contribution in [0.3, 0.4) is 0 Å². The number of hydrogen-bond acceptors (Lipinski definition) is 1. The molecule has 0 rings (SSSR count). The molecule has 0 aromatic heterocycles. The van der Waals surface area contributed by atoms with Crippen LogP contribution in [0, 0.1) is 0 Å². The summed E-state index contributed by atoms with van der Waals surface area (Å²) in [6.07, 6.45) is 0. The van der Waals surface area contributed by atoms with Crippen molar-refractivity contribution < 1.29 is 22.4 Å². The predicted molar refractivity (Wildman–Crippen MR) is 48.7 cm³/mol. The first-order valence-corrected chi connectivity index (χ1v) is 4.43. The fourth-order valence-electron chi connectivity index (χ4n) is 0.566. The van der Waals surface area contributed by atoms with Gasteiger partial charge in [0.05, 0.1) is 19.7 Å². The van der Waals surface area contributed by atoms with Gasteiger partial charge in [0.25, 0.3) is 0 Å². The highest BCUT2D eigenvalue weighted by Crippen LogP contribution is 2.26. The number of quaternary nitrogens is 1. The molecule has 0 heterocycles. The number of rotatable bonds is 4. The van der Waals surface area contributed by atoms with Gasteiger partial charge in [-0.05, 0) is 20.8 Å². The highest BCUT2D eigenvalue weighted by Gasteiger charge is 2.48. The van der Waals surface area contributed by atoms with Gasteiger partial charge in [-0.1, -0.05) is 0 Å². The minimum Gasteiger partial charge on any atom is -0.363 e. The molecule has 14 heavy (non-hydrogen) atoms. The fraction of sp³-hybridized carbons (Fsp3) is 1.00. The lowest BCUT2D eigenvalue weighted by atomic mass is 10.2. The topological polar surface area (TPSA) is 9.23 Å². The Bertz CT molecular complexity index is 187. The number of hydrogen-bond donors (Lipinski definition) is 0. The van der Waals surface area contributed by atoms with Crippen molar-refractivity contribution in [2.75, 3.05) is 27.5 Å². The molecule has 0 amide bonds. The van der Waals surface area contributed by atoms with Crippen LogP contribution in [-0.2, 0) is 4.74 Å². The van der Waals surface area contributed by atoms with E-state index in [-0.39, 0.29) is 0 Å². The van der Waals surface area contributed by atoms with Crippen molar-refractivity contribution in [2.24, 2.45) is 0 Å². The average Bonchev–Trinajstić information content (AvgIpc) is 1.99. The summed E-state index contributed by atoms with van der Waals surface area (Å²) in [6.45, 7) is 3.14. The van der Waals surface area contributed by atoms with E-state index in [0.29, 0.717) is 0 Å². The minimum atomic E-state index is -3.21. The van der Waals surface area contributed by atoms with Crippen LogP contribution in [0.25, 0.3) is 0 Å². The lowest BCUT2D eigenvalue weighted by molar-refractivity contribution is -0.988. The normalized spacial score (nSPS) is 14.6. The molecule has 0 saturated heterocycles. The number of likely N-dealkylation sites (N-methyl/N-ethyl adjacent to an activating group) is 1. The summed E-state index contributed by atoms with van der Waals surface area (Å²) in [5.41, 5.74) is -0.639. The van der Waals surface area contributed by atoms with Crippen LogP contribution in [0.4, 0.5) is 13.2 Å². The Morgan fingerprint density at radius 2 is 1.57 bits per heavy atom. The van der Waals surface area contributed by atoms with Crippen LogP contribution in [0.15, 0.2) is 0 Å². The number of nitrogens with zero attached hydrogens (tertiary/aromatic N) is 1. The summed E-state index contributed by atoms with van der Waals surface area (Å²) in [6, 6.07) is -3.21. The van der Waals surface area contributed by atoms with Crippen molar-refractivity contribution in [3.8, 4) is 0 Å². The van der Waals surface area contributed by atoms with Gasteiger partial charge in [-0.3, -0.25) is 0 Å². The molecular formula is C9H19F3NO+. The van der Waals surface area contributed by atoms with Gasteiger partial charge in [-0.15, -0.1) is 8.78 Å².